The Hall–Kier alpha value is -1.32. The summed E-state index contributed by atoms with van der Waals surface area (Å²) in [6, 6.07) is 9.34. The Kier molecular flexibility index (Phi) is 3.22. The molecule has 0 amide bonds. The molecular weight excluding hydrogens is 236 g/mol. The number of aryl methyl sites for hydroxylation is 1. The van der Waals surface area contributed by atoms with Crippen molar-refractivity contribution in [1.82, 2.24) is 9.78 Å². The van der Waals surface area contributed by atoms with Crippen molar-refractivity contribution in [2.75, 3.05) is 0 Å². The molecule has 0 aliphatic rings. The van der Waals surface area contributed by atoms with Gasteiger partial charge >= 0.3 is 0 Å². The number of nitrogens with zero attached hydrogens (tertiary/aromatic N) is 2. The molecule has 3 nitrogen and oxygen atoms in total. The van der Waals surface area contributed by atoms with Crippen LogP contribution in [0.3, 0.4) is 0 Å². The number of aromatic nitrogens is 2. The monoisotopic (exact) mass is 250 g/mol. The summed E-state index contributed by atoms with van der Waals surface area (Å²) in [5.41, 5.74) is 0.909. The topological polar surface area (TPSA) is 38.0 Å². The predicted octanol–water partition coefficient (Wildman–Crippen LogP) is 2.52. The standard InChI is InChI=1S/C13H15ClN2O/c1-13(17,12-7-8-15-16(12)2)9-10-3-5-11(14)6-4-10/h3-8,17H,9H2,1-2H3. The van der Waals surface area contributed by atoms with E-state index in [1.54, 1.807) is 17.8 Å². The maximum Gasteiger partial charge on any atom is 0.107 e. The van der Waals surface area contributed by atoms with Gasteiger partial charge < -0.3 is 5.11 Å². The zero-order valence-electron chi connectivity index (χ0n) is 9.89. The maximum absolute atomic E-state index is 10.5. The second-order valence-corrected chi connectivity index (χ2v) is 4.85. The first-order valence-corrected chi connectivity index (χ1v) is 5.82. The summed E-state index contributed by atoms with van der Waals surface area (Å²) in [6.45, 7) is 1.79. The zero-order chi connectivity index (χ0) is 12.5. The van der Waals surface area contributed by atoms with Gasteiger partial charge in [-0.1, -0.05) is 23.7 Å². The van der Waals surface area contributed by atoms with Crippen molar-refractivity contribution in [3.63, 3.8) is 0 Å². The second kappa shape index (κ2) is 4.51. The van der Waals surface area contributed by atoms with E-state index in [2.05, 4.69) is 5.10 Å². The van der Waals surface area contributed by atoms with Crippen molar-refractivity contribution in [2.24, 2.45) is 7.05 Å². The number of benzene rings is 1. The van der Waals surface area contributed by atoms with Gasteiger partial charge in [-0.2, -0.15) is 5.10 Å². The Balaban J connectivity index is 2.23. The third kappa shape index (κ3) is 2.68. The molecule has 2 rings (SSSR count). The molecule has 1 unspecified atom stereocenters. The molecule has 0 radical (unpaired) electrons. The van der Waals surface area contributed by atoms with Crippen LogP contribution in [-0.4, -0.2) is 14.9 Å². The average Bonchev–Trinajstić information content (AvgIpc) is 2.68. The number of rotatable bonds is 3. The van der Waals surface area contributed by atoms with Crippen LogP contribution in [0, 0.1) is 0 Å². The molecule has 1 aromatic heterocycles. The molecule has 1 heterocycles. The van der Waals surface area contributed by atoms with E-state index < -0.39 is 5.60 Å². The van der Waals surface area contributed by atoms with Crippen molar-refractivity contribution in [1.29, 1.82) is 0 Å². The molecule has 0 aliphatic heterocycles. The molecule has 1 aromatic carbocycles. The minimum atomic E-state index is -0.931. The number of halogens is 1. The lowest BCUT2D eigenvalue weighted by Gasteiger charge is -2.23. The van der Waals surface area contributed by atoms with Gasteiger partial charge in [-0.3, -0.25) is 4.68 Å². The van der Waals surface area contributed by atoms with Gasteiger partial charge in [0.25, 0.3) is 0 Å². The Morgan fingerprint density at radius 3 is 2.47 bits per heavy atom. The highest BCUT2D eigenvalue weighted by atomic mass is 35.5. The van der Waals surface area contributed by atoms with Crippen LogP contribution in [0.1, 0.15) is 18.2 Å². The van der Waals surface area contributed by atoms with Crippen LogP contribution >= 0.6 is 11.6 Å². The minimum Gasteiger partial charge on any atom is -0.384 e. The molecule has 0 spiro atoms. The predicted molar refractivity (Wildman–Crippen MR) is 67.9 cm³/mol. The van der Waals surface area contributed by atoms with E-state index in [1.165, 1.54) is 0 Å². The lowest BCUT2D eigenvalue weighted by molar-refractivity contribution is 0.0490. The summed E-state index contributed by atoms with van der Waals surface area (Å²) in [5.74, 6) is 0. The van der Waals surface area contributed by atoms with E-state index in [0.29, 0.717) is 11.4 Å². The molecule has 0 saturated carbocycles. The number of hydrogen-bond acceptors (Lipinski definition) is 2. The molecule has 0 fully saturated rings. The van der Waals surface area contributed by atoms with Gasteiger partial charge in [0.1, 0.15) is 5.60 Å². The molecule has 4 heteroatoms. The largest absolute Gasteiger partial charge is 0.384 e. The Morgan fingerprint density at radius 2 is 1.94 bits per heavy atom. The van der Waals surface area contributed by atoms with Crippen molar-refractivity contribution in [2.45, 2.75) is 18.9 Å². The summed E-state index contributed by atoms with van der Waals surface area (Å²) in [5, 5.41) is 15.3. The Labute approximate surface area is 106 Å². The average molecular weight is 251 g/mol. The van der Waals surface area contributed by atoms with E-state index in [9.17, 15) is 5.11 Å². The second-order valence-electron chi connectivity index (χ2n) is 4.42. The third-order valence-corrected chi connectivity index (χ3v) is 3.09. The summed E-state index contributed by atoms with van der Waals surface area (Å²) in [7, 11) is 1.83. The van der Waals surface area contributed by atoms with E-state index >= 15 is 0 Å². The van der Waals surface area contributed by atoms with Crippen molar-refractivity contribution in [3.8, 4) is 0 Å². The van der Waals surface area contributed by atoms with Gasteiger partial charge in [0, 0.05) is 24.7 Å². The smallest absolute Gasteiger partial charge is 0.107 e. The van der Waals surface area contributed by atoms with Crippen LogP contribution in [0.5, 0.6) is 0 Å². The van der Waals surface area contributed by atoms with Crippen molar-refractivity contribution >= 4 is 11.6 Å². The van der Waals surface area contributed by atoms with Gasteiger partial charge in [-0.15, -0.1) is 0 Å². The molecule has 2 aromatic rings. The van der Waals surface area contributed by atoms with Gasteiger partial charge in [0.2, 0.25) is 0 Å². The van der Waals surface area contributed by atoms with Gasteiger partial charge in [-0.05, 0) is 30.7 Å². The molecule has 0 saturated heterocycles. The molecule has 1 atom stereocenters. The number of hydrogen-bond donors (Lipinski definition) is 1. The van der Waals surface area contributed by atoms with Crippen LogP contribution in [0.15, 0.2) is 36.5 Å². The van der Waals surface area contributed by atoms with Crippen molar-refractivity contribution in [3.05, 3.63) is 52.8 Å². The van der Waals surface area contributed by atoms with E-state index in [4.69, 9.17) is 11.6 Å². The highest BCUT2D eigenvalue weighted by Gasteiger charge is 2.26. The first-order valence-electron chi connectivity index (χ1n) is 5.44. The van der Waals surface area contributed by atoms with Crippen LogP contribution < -0.4 is 0 Å². The van der Waals surface area contributed by atoms with Gasteiger partial charge in [-0.25, -0.2) is 0 Å². The summed E-state index contributed by atoms with van der Waals surface area (Å²) >= 11 is 5.83. The Morgan fingerprint density at radius 1 is 1.29 bits per heavy atom. The normalized spacial score (nSPS) is 14.6. The molecular formula is C13H15ClN2O. The first-order chi connectivity index (χ1) is 7.99. The summed E-state index contributed by atoms with van der Waals surface area (Å²) in [4.78, 5) is 0. The number of aliphatic hydroxyl groups is 1. The lowest BCUT2D eigenvalue weighted by Crippen LogP contribution is -2.27. The third-order valence-electron chi connectivity index (χ3n) is 2.83. The quantitative estimate of drug-likeness (QED) is 0.909. The highest BCUT2D eigenvalue weighted by molar-refractivity contribution is 6.30. The van der Waals surface area contributed by atoms with Crippen LogP contribution in [-0.2, 0) is 19.1 Å². The van der Waals surface area contributed by atoms with Crippen molar-refractivity contribution < 1.29 is 5.11 Å². The highest BCUT2D eigenvalue weighted by Crippen LogP contribution is 2.25. The SMILES string of the molecule is Cn1nccc1C(C)(O)Cc1ccc(Cl)cc1. The fourth-order valence-corrected chi connectivity index (χ4v) is 2.12. The maximum atomic E-state index is 10.5. The molecule has 0 bridgehead atoms. The summed E-state index contributed by atoms with van der Waals surface area (Å²) in [6.07, 6.45) is 2.22. The van der Waals surface area contributed by atoms with E-state index in [1.807, 2.05) is 37.4 Å². The van der Waals surface area contributed by atoms with Gasteiger partial charge in [0.15, 0.2) is 0 Å². The van der Waals surface area contributed by atoms with E-state index in [-0.39, 0.29) is 0 Å². The molecule has 1 N–H and O–H groups in total. The molecule has 17 heavy (non-hydrogen) atoms. The molecule has 0 aliphatic carbocycles. The fraction of sp³-hybridized carbons (Fsp3) is 0.308. The van der Waals surface area contributed by atoms with Gasteiger partial charge in [0.05, 0.1) is 5.69 Å². The zero-order valence-corrected chi connectivity index (χ0v) is 10.6. The van der Waals surface area contributed by atoms with E-state index in [0.717, 1.165) is 11.3 Å². The van der Waals surface area contributed by atoms with Crippen LogP contribution in [0.25, 0.3) is 0 Å². The fourth-order valence-electron chi connectivity index (χ4n) is 1.99. The summed E-state index contributed by atoms with van der Waals surface area (Å²) < 4.78 is 1.69. The molecule has 90 valence electrons. The first kappa shape index (κ1) is 12.1. The Bertz CT molecular complexity index is 502. The van der Waals surface area contributed by atoms with Crippen LogP contribution in [0.2, 0.25) is 5.02 Å². The minimum absolute atomic E-state index is 0.531. The van der Waals surface area contributed by atoms with Crippen LogP contribution in [0.4, 0.5) is 0 Å². The lowest BCUT2D eigenvalue weighted by atomic mass is 9.93.